The van der Waals surface area contributed by atoms with Gasteiger partial charge in [0.1, 0.15) is 5.82 Å². The summed E-state index contributed by atoms with van der Waals surface area (Å²) < 4.78 is 0.984. The van der Waals surface area contributed by atoms with E-state index in [-0.39, 0.29) is 0 Å². The van der Waals surface area contributed by atoms with Crippen molar-refractivity contribution in [2.45, 2.75) is 32.6 Å². The van der Waals surface area contributed by atoms with E-state index in [9.17, 15) is 0 Å². The van der Waals surface area contributed by atoms with Crippen LogP contribution in [-0.2, 0) is 0 Å². The van der Waals surface area contributed by atoms with Gasteiger partial charge in [-0.1, -0.05) is 13.8 Å². The molecule has 0 bridgehead atoms. The average molecular weight is 299 g/mol. The Balaban J connectivity index is 2.42. The Morgan fingerprint density at radius 1 is 1.24 bits per heavy atom. The van der Waals surface area contributed by atoms with Gasteiger partial charge in [0.05, 0.1) is 10.2 Å². The topological polar surface area (TPSA) is 41.1 Å². The molecule has 0 radical (unpaired) electrons. The highest BCUT2D eigenvalue weighted by atomic mass is 79.9. The Morgan fingerprint density at radius 2 is 1.88 bits per heavy atom. The molecule has 0 amide bonds. The van der Waals surface area contributed by atoms with Crippen LogP contribution in [0, 0.1) is 0 Å². The molecule has 1 fully saturated rings. The molecule has 0 spiro atoms. The maximum Gasteiger partial charge on any atom is 0.227 e. The fraction of sp³-hybridized carbons (Fsp3) is 0.667. The molecular weight excluding hydrogens is 280 g/mol. The summed E-state index contributed by atoms with van der Waals surface area (Å²) in [6.45, 7) is 6.45. The number of nitrogens with one attached hydrogen (secondary N) is 1. The second-order valence-corrected chi connectivity index (χ2v) is 5.46. The molecule has 1 N–H and O–H groups in total. The Bertz CT molecular complexity index is 400. The summed E-state index contributed by atoms with van der Waals surface area (Å²) in [5.41, 5.74) is 1.08. The van der Waals surface area contributed by atoms with Crippen molar-refractivity contribution in [1.82, 2.24) is 9.97 Å². The predicted octanol–water partition coefficient (Wildman–Crippen LogP) is 3.00. The molecule has 0 aromatic carbocycles. The molecule has 0 unspecified atom stereocenters. The van der Waals surface area contributed by atoms with Crippen molar-refractivity contribution in [1.29, 1.82) is 0 Å². The van der Waals surface area contributed by atoms with E-state index in [0.29, 0.717) is 5.92 Å². The van der Waals surface area contributed by atoms with Crippen LogP contribution in [0.25, 0.3) is 0 Å². The van der Waals surface area contributed by atoms with E-state index >= 15 is 0 Å². The van der Waals surface area contributed by atoms with Gasteiger partial charge in [-0.15, -0.1) is 0 Å². The SMILES string of the molecule is CNc1nc(N2CCCC2)nc(C(C)C)c1Br. The lowest BCUT2D eigenvalue weighted by Gasteiger charge is -2.19. The summed E-state index contributed by atoms with van der Waals surface area (Å²) >= 11 is 3.58. The van der Waals surface area contributed by atoms with Crippen molar-refractivity contribution in [3.05, 3.63) is 10.2 Å². The Hall–Kier alpha value is -0.840. The molecule has 2 heterocycles. The second-order valence-electron chi connectivity index (χ2n) is 4.67. The monoisotopic (exact) mass is 298 g/mol. The molecule has 0 atom stereocenters. The van der Waals surface area contributed by atoms with E-state index in [1.165, 1.54) is 12.8 Å². The molecule has 0 aliphatic carbocycles. The van der Waals surface area contributed by atoms with Crippen molar-refractivity contribution in [2.75, 3.05) is 30.4 Å². The second kappa shape index (κ2) is 5.21. The fourth-order valence-electron chi connectivity index (χ4n) is 2.06. The van der Waals surface area contributed by atoms with E-state index in [0.717, 1.165) is 35.0 Å². The van der Waals surface area contributed by atoms with Gasteiger partial charge in [0.25, 0.3) is 0 Å². The first-order chi connectivity index (χ1) is 8.13. The van der Waals surface area contributed by atoms with Gasteiger partial charge in [0.15, 0.2) is 0 Å². The van der Waals surface area contributed by atoms with Crippen LogP contribution in [0.1, 0.15) is 38.3 Å². The van der Waals surface area contributed by atoms with E-state index < -0.39 is 0 Å². The lowest BCUT2D eigenvalue weighted by molar-refractivity contribution is 0.789. The zero-order valence-corrected chi connectivity index (χ0v) is 12.2. The predicted molar refractivity (Wildman–Crippen MR) is 74.8 cm³/mol. The molecule has 17 heavy (non-hydrogen) atoms. The lowest BCUT2D eigenvalue weighted by atomic mass is 10.1. The van der Waals surface area contributed by atoms with Crippen LogP contribution >= 0.6 is 15.9 Å². The quantitative estimate of drug-likeness (QED) is 0.931. The van der Waals surface area contributed by atoms with Gasteiger partial charge in [0.2, 0.25) is 5.95 Å². The smallest absolute Gasteiger partial charge is 0.227 e. The molecule has 5 heteroatoms. The number of aromatic nitrogens is 2. The molecule has 1 aromatic rings. The zero-order valence-electron chi connectivity index (χ0n) is 10.6. The number of nitrogens with zero attached hydrogens (tertiary/aromatic N) is 3. The zero-order chi connectivity index (χ0) is 12.4. The van der Waals surface area contributed by atoms with Crippen LogP contribution in [0.5, 0.6) is 0 Å². The Kier molecular flexibility index (Phi) is 3.86. The van der Waals surface area contributed by atoms with Gasteiger partial charge >= 0.3 is 0 Å². The Morgan fingerprint density at radius 3 is 2.41 bits per heavy atom. The third-order valence-corrected chi connectivity index (χ3v) is 3.82. The summed E-state index contributed by atoms with van der Waals surface area (Å²) in [5, 5.41) is 3.13. The van der Waals surface area contributed by atoms with Gasteiger partial charge in [-0.25, -0.2) is 4.98 Å². The van der Waals surface area contributed by atoms with Gasteiger partial charge in [-0.2, -0.15) is 4.98 Å². The molecule has 2 rings (SSSR count). The summed E-state index contributed by atoms with van der Waals surface area (Å²) in [4.78, 5) is 11.5. The fourth-order valence-corrected chi connectivity index (χ4v) is 2.89. The van der Waals surface area contributed by atoms with Crippen molar-refractivity contribution < 1.29 is 0 Å². The third-order valence-electron chi connectivity index (χ3n) is 3.04. The van der Waals surface area contributed by atoms with Crippen LogP contribution in [0.2, 0.25) is 0 Å². The number of anilines is 2. The largest absolute Gasteiger partial charge is 0.372 e. The van der Waals surface area contributed by atoms with Crippen molar-refractivity contribution >= 4 is 27.7 Å². The van der Waals surface area contributed by atoms with Crippen LogP contribution in [-0.4, -0.2) is 30.1 Å². The van der Waals surface area contributed by atoms with Gasteiger partial charge < -0.3 is 10.2 Å². The molecule has 4 nitrogen and oxygen atoms in total. The number of halogens is 1. The molecular formula is C12H19BrN4. The minimum absolute atomic E-state index is 0.390. The van der Waals surface area contributed by atoms with Gasteiger partial charge in [0, 0.05) is 20.1 Å². The van der Waals surface area contributed by atoms with Crippen molar-refractivity contribution in [3.63, 3.8) is 0 Å². The third kappa shape index (κ3) is 2.54. The maximum atomic E-state index is 4.69. The summed E-state index contributed by atoms with van der Waals surface area (Å²) in [5.74, 6) is 2.13. The average Bonchev–Trinajstić information content (AvgIpc) is 2.82. The normalized spacial score (nSPS) is 15.7. The summed E-state index contributed by atoms with van der Waals surface area (Å²) in [7, 11) is 1.89. The summed E-state index contributed by atoms with van der Waals surface area (Å²) in [6.07, 6.45) is 2.48. The van der Waals surface area contributed by atoms with E-state index in [2.05, 4.69) is 45.0 Å². The minimum Gasteiger partial charge on any atom is -0.372 e. The van der Waals surface area contributed by atoms with E-state index in [1.807, 2.05) is 7.05 Å². The number of rotatable bonds is 3. The van der Waals surface area contributed by atoms with Crippen LogP contribution in [0.3, 0.4) is 0 Å². The van der Waals surface area contributed by atoms with Crippen LogP contribution in [0.4, 0.5) is 11.8 Å². The van der Waals surface area contributed by atoms with Gasteiger partial charge in [-0.3, -0.25) is 0 Å². The number of hydrogen-bond acceptors (Lipinski definition) is 4. The molecule has 1 aliphatic rings. The molecule has 1 saturated heterocycles. The Labute approximate surface area is 111 Å². The first-order valence-electron chi connectivity index (χ1n) is 6.13. The van der Waals surface area contributed by atoms with Crippen molar-refractivity contribution in [3.8, 4) is 0 Å². The molecule has 1 aliphatic heterocycles. The van der Waals surface area contributed by atoms with Crippen LogP contribution < -0.4 is 10.2 Å². The van der Waals surface area contributed by atoms with Crippen LogP contribution in [0.15, 0.2) is 4.47 Å². The highest BCUT2D eigenvalue weighted by Gasteiger charge is 2.20. The first-order valence-corrected chi connectivity index (χ1v) is 6.93. The highest BCUT2D eigenvalue weighted by molar-refractivity contribution is 9.10. The van der Waals surface area contributed by atoms with E-state index in [4.69, 9.17) is 4.98 Å². The maximum absolute atomic E-state index is 4.69. The lowest BCUT2D eigenvalue weighted by Crippen LogP contribution is -2.22. The summed E-state index contributed by atoms with van der Waals surface area (Å²) in [6, 6.07) is 0. The van der Waals surface area contributed by atoms with Crippen molar-refractivity contribution in [2.24, 2.45) is 0 Å². The molecule has 0 saturated carbocycles. The molecule has 1 aromatic heterocycles. The minimum atomic E-state index is 0.390. The molecule has 94 valence electrons. The first kappa shape index (κ1) is 12.6. The highest BCUT2D eigenvalue weighted by Crippen LogP contribution is 2.31. The number of hydrogen-bond donors (Lipinski definition) is 1. The standard InChI is InChI=1S/C12H19BrN4/c1-8(2)10-9(13)11(14-3)16-12(15-10)17-6-4-5-7-17/h8H,4-7H2,1-3H3,(H,14,15,16). The van der Waals surface area contributed by atoms with E-state index in [1.54, 1.807) is 0 Å². The van der Waals surface area contributed by atoms with Gasteiger partial charge in [-0.05, 0) is 34.7 Å².